The molecule has 122 valence electrons. The summed E-state index contributed by atoms with van der Waals surface area (Å²) in [5.74, 6) is -0.982. The molecule has 21 heavy (non-hydrogen) atoms. The van der Waals surface area contributed by atoms with Crippen molar-refractivity contribution in [3.8, 4) is 0 Å². The maximum atomic E-state index is 12.4. The fourth-order valence-electron chi connectivity index (χ4n) is 3.11. The van der Waals surface area contributed by atoms with Gasteiger partial charge in [0.1, 0.15) is 0 Å². The Morgan fingerprint density at radius 1 is 1.19 bits per heavy atom. The van der Waals surface area contributed by atoms with Gasteiger partial charge in [-0.1, -0.05) is 0 Å². The first-order chi connectivity index (χ1) is 9.91. The van der Waals surface area contributed by atoms with Gasteiger partial charge < -0.3 is 10.0 Å². The third kappa shape index (κ3) is 4.15. The summed E-state index contributed by atoms with van der Waals surface area (Å²) >= 11 is 0. The second kappa shape index (κ2) is 7.04. The number of carboxylic acids is 1. The molecule has 2 aliphatic rings. The minimum Gasteiger partial charge on any atom is -0.481 e. The molecule has 0 radical (unpaired) electrons. The average molecular weight is 319 g/mol. The Morgan fingerprint density at radius 3 is 2.29 bits per heavy atom. The maximum absolute atomic E-state index is 12.4. The number of hydrogen-bond acceptors (Lipinski definition) is 4. The van der Waals surface area contributed by atoms with Gasteiger partial charge in [0, 0.05) is 32.7 Å². The molecule has 1 N–H and O–H groups in total. The lowest BCUT2D eigenvalue weighted by Crippen LogP contribution is -2.49. The fourth-order valence-corrected chi connectivity index (χ4v) is 4.50. The van der Waals surface area contributed by atoms with Crippen molar-refractivity contribution in [3.63, 3.8) is 0 Å². The van der Waals surface area contributed by atoms with Gasteiger partial charge in [-0.05, 0) is 38.8 Å². The van der Waals surface area contributed by atoms with Crippen molar-refractivity contribution in [2.45, 2.75) is 38.1 Å². The van der Waals surface area contributed by atoms with E-state index < -0.39 is 16.2 Å². The second-order valence-corrected chi connectivity index (χ2v) is 7.88. The van der Waals surface area contributed by atoms with Crippen molar-refractivity contribution in [2.75, 3.05) is 39.8 Å². The number of hydrogen-bond donors (Lipinski definition) is 1. The molecule has 0 aliphatic carbocycles. The molecule has 2 heterocycles. The van der Waals surface area contributed by atoms with Crippen molar-refractivity contribution in [2.24, 2.45) is 0 Å². The number of carboxylic acid groups (broad SMARTS) is 1. The molecule has 2 saturated heterocycles. The molecular weight excluding hydrogens is 294 g/mol. The molecule has 0 unspecified atom stereocenters. The van der Waals surface area contributed by atoms with Gasteiger partial charge in [-0.25, -0.2) is 0 Å². The molecule has 0 amide bonds. The molecular formula is C13H25N3O4S. The van der Waals surface area contributed by atoms with E-state index in [4.69, 9.17) is 5.11 Å². The summed E-state index contributed by atoms with van der Waals surface area (Å²) in [5.41, 5.74) is 0. The second-order valence-electron chi connectivity index (χ2n) is 5.85. The molecule has 0 aromatic carbocycles. The molecule has 7 nitrogen and oxygen atoms in total. The molecule has 2 fully saturated rings. The first-order valence-electron chi connectivity index (χ1n) is 7.58. The van der Waals surface area contributed by atoms with Crippen molar-refractivity contribution in [1.29, 1.82) is 0 Å². The van der Waals surface area contributed by atoms with E-state index in [-0.39, 0.29) is 13.0 Å². The van der Waals surface area contributed by atoms with Crippen LogP contribution in [0.1, 0.15) is 32.1 Å². The Labute approximate surface area is 126 Å². The summed E-state index contributed by atoms with van der Waals surface area (Å²) in [5, 5.41) is 8.65. The maximum Gasteiger partial charge on any atom is 0.304 e. The van der Waals surface area contributed by atoms with Crippen molar-refractivity contribution in [3.05, 3.63) is 0 Å². The summed E-state index contributed by atoms with van der Waals surface area (Å²) in [6.45, 7) is 3.34. The quantitative estimate of drug-likeness (QED) is 0.756. The molecule has 0 aromatic rings. The van der Waals surface area contributed by atoms with Gasteiger partial charge in [0.05, 0.1) is 6.42 Å². The molecule has 0 spiro atoms. The highest BCUT2D eigenvalue weighted by atomic mass is 32.2. The largest absolute Gasteiger partial charge is 0.481 e. The summed E-state index contributed by atoms with van der Waals surface area (Å²) in [6.07, 6.45) is 4.06. The van der Waals surface area contributed by atoms with E-state index >= 15 is 0 Å². The van der Waals surface area contributed by atoms with E-state index in [1.807, 2.05) is 0 Å². The lowest BCUT2D eigenvalue weighted by atomic mass is 10.1. The zero-order chi connectivity index (χ0) is 15.5. The lowest BCUT2D eigenvalue weighted by Gasteiger charge is -2.37. The van der Waals surface area contributed by atoms with Crippen molar-refractivity contribution >= 4 is 16.2 Å². The Hall–Kier alpha value is -0.700. The summed E-state index contributed by atoms with van der Waals surface area (Å²) < 4.78 is 27.4. The predicted octanol–water partition coefficient (Wildman–Crippen LogP) is 0.198. The molecule has 0 bridgehead atoms. The highest BCUT2D eigenvalue weighted by Crippen LogP contribution is 2.23. The van der Waals surface area contributed by atoms with Crippen LogP contribution in [0.3, 0.4) is 0 Å². The van der Waals surface area contributed by atoms with Crippen LogP contribution in [0.2, 0.25) is 0 Å². The van der Waals surface area contributed by atoms with E-state index in [2.05, 4.69) is 4.90 Å². The molecule has 0 saturated carbocycles. The lowest BCUT2D eigenvalue weighted by molar-refractivity contribution is -0.137. The van der Waals surface area contributed by atoms with Crippen LogP contribution in [0.4, 0.5) is 0 Å². The van der Waals surface area contributed by atoms with Gasteiger partial charge in [-0.3, -0.25) is 4.79 Å². The van der Waals surface area contributed by atoms with Gasteiger partial charge in [0.15, 0.2) is 0 Å². The minimum atomic E-state index is -3.52. The number of rotatable bonds is 6. The molecule has 8 heteroatoms. The number of nitrogens with zero attached hydrogens (tertiary/aromatic N) is 3. The third-order valence-electron chi connectivity index (χ3n) is 4.44. The molecule has 2 rings (SSSR count). The van der Waals surface area contributed by atoms with Crippen LogP contribution in [0, 0.1) is 0 Å². The highest BCUT2D eigenvalue weighted by molar-refractivity contribution is 7.86. The SMILES string of the molecule is CN(CCC(=O)O)S(=O)(=O)N1CCC(N2CCCC2)CC1. The number of aliphatic carboxylic acids is 1. The highest BCUT2D eigenvalue weighted by Gasteiger charge is 2.33. The van der Waals surface area contributed by atoms with Crippen LogP contribution < -0.4 is 0 Å². The van der Waals surface area contributed by atoms with E-state index in [1.165, 1.54) is 24.2 Å². The number of piperidine rings is 1. The van der Waals surface area contributed by atoms with Gasteiger partial charge in [0.25, 0.3) is 10.2 Å². The standard InChI is InChI=1S/C13H25N3O4S/c1-14(9-6-13(17)18)21(19,20)16-10-4-12(5-11-16)15-7-2-3-8-15/h12H,2-11H2,1H3,(H,17,18). The van der Waals surface area contributed by atoms with Gasteiger partial charge in [-0.15, -0.1) is 0 Å². The smallest absolute Gasteiger partial charge is 0.304 e. The Kier molecular flexibility index (Phi) is 5.59. The molecule has 2 aliphatic heterocycles. The van der Waals surface area contributed by atoms with Crippen LogP contribution in [-0.4, -0.2) is 78.8 Å². The van der Waals surface area contributed by atoms with Crippen LogP contribution >= 0.6 is 0 Å². The van der Waals surface area contributed by atoms with E-state index in [0.29, 0.717) is 19.1 Å². The summed E-state index contributed by atoms with van der Waals surface area (Å²) in [6, 6.07) is 0.503. The predicted molar refractivity (Wildman–Crippen MR) is 79.2 cm³/mol. The van der Waals surface area contributed by atoms with Crippen LogP contribution in [0.5, 0.6) is 0 Å². The van der Waals surface area contributed by atoms with Crippen LogP contribution in [0.15, 0.2) is 0 Å². The topological polar surface area (TPSA) is 81.2 Å². The normalized spacial score (nSPS) is 23.0. The zero-order valence-corrected chi connectivity index (χ0v) is 13.4. The van der Waals surface area contributed by atoms with Crippen LogP contribution in [-0.2, 0) is 15.0 Å². The Morgan fingerprint density at radius 2 is 1.76 bits per heavy atom. The third-order valence-corrected chi connectivity index (χ3v) is 6.43. The van der Waals surface area contributed by atoms with Crippen molar-refractivity contribution < 1.29 is 18.3 Å². The first-order valence-corrected chi connectivity index (χ1v) is 8.98. The minimum absolute atomic E-state index is 0.0176. The van der Waals surface area contributed by atoms with E-state index in [1.54, 1.807) is 0 Å². The monoisotopic (exact) mass is 319 g/mol. The summed E-state index contributed by atoms with van der Waals surface area (Å²) in [7, 11) is -2.07. The van der Waals surface area contributed by atoms with Gasteiger partial charge in [0.2, 0.25) is 0 Å². The van der Waals surface area contributed by atoms with Gasteiger partial charge in [-0.2, -0.15) is 17.0 Å². The Balaban J connectivity index is 1.86. The average Bonchev–Trinajstić information content (AvgIpc) is 2.99. The zero-order valence-electron chi connectivity index (χ0n) is 12.6. The van der Waals surface area contributed by atoms with E-state index in [0.717, 1.165) is 30.2 Å². The first kappa shape index (κ1) is 16.7. The molecule has 0 atom stereocenters. The van der Waals surface area contributed by atoms with Crippen LogP contribution in [0.25, 0.3) is 0 Å². The molecule has 0 aromatic heterocycles. The van der Waals surface area contributed by atoms with Crippen molar-refractivity contribution in [1.82, 2.24) is 13.5 Å². The summed E-state index contributed by atoms with van der Waals surface area (Å²) in [4.78, 5) is 13.0. The number of likely N-dealkylation sites (tertiary alicyclic amines) is 1. The van der Waals surface area contributed by atoms with E-state index in [9.17, 15) is 13.2 Å². The number of carbonyl (C=O) groups is 1. The van der Waals surface area contributed by atoms with Gasteiger partial charge >= 0.3 is 5.97 Å². The fraction of sp³-hybridized carbons (Fsp3) is 0.923. The Bertz CT molecular complexity index is 454.